The molecule has 4 heteroatoms. The van der Waals surface area contributed by atoms with Gasteiger partial charge < -0.3 is 4.74 Å². The maximum absolute atomic E-state index is 5.52. The van der Waals surface area contributed by atoms with Gasteiger partial charge in [-0.3, -0.25) is 4.98 Å². The highest BCUT2D eigenvalue weighted by molar-refractivity contribution is 9.10. The maximum Gasteiger partial charge on any atom is 0.237 e. The Kier molecular flexibility index (Phi) is 2.97. The predicted molar refractivity (Wildman–Crippen MR) is 61.0 cm³/mol. The van der Waals surface area contributed by atoms with Crippen molar-refractivity contribution in [2.75, 3.05) is 0 Å². The third-order valence-corrected chi connectivity index (χ3v) is 2.78. The van der Waals surface area contributed by atoms with Crippen LogP contribution in [0.4, 0.5) is 0 Å². The molecule has 0 bridgehead atoms. The molecule has 2 aromatic rings. The van der Waals surface area contributed by atoms with E-state index in [9.17, 15) is 0 Å². The first-order valence-electron chi connectivity index (χ1n) is 4.46. The van der Waals surface area contributed by atoms with Gasteiger partial charge in [0.15, 0.2) is 0 Å². The van der Waals surface area contributed by atoms with Crippen LogP contribution in [0.1, 0.15) is 5.56 Å². The molecule has 0 spiro atoms. The summed E-state index contributed by atoms with van der Waals surface area (Å²) in [5, 5.41) is 0. The van der Waals surface area contributed by atoms with E-state index in [1.54, 1.807) is 18.6 Å². The van der Waals surface area contributed by atoms with Crippen LogP contribution in [0.25, 0.3) is 0 Å². The largest absolute Gasteiger partial charge is 0.437 e. The van der Waals surface area contributed by atoms with E-state index in [0.29, 0.717) is 5.88 Å². The number of aryl methyl sites for hydroxylation is 1. The van der Waals surface area contributed by atoms with Crippen molar-refractivity contribution in [2.24, 2.45) is 0 Å². The molecule has 0 aliphatic carbocycles. The predicted octanol–water partition coefficient (Wildman–Crippen LogP) is 3.34. The van der Waals surface area contributed by atoms with Gasteiger partial charge in [0.05, 0.1) is 6.20 Å². The zero-order valence-electron chi connectivity index (χ0n) is 8.14. The molecule has 76 valence electrons. The highest BCUT2D eigenvalue weighted by Gasteiger charge is 2.00. The van der Waals surface area contributed by atoms with Gasteiger partial charge in [0.25, 0.3) is 0 Å². The molecule has 0 aliphatic heterocycles. The summed E-state index contributed by atoms with van der Waals surface area (Å²) in [6.07, 6.45) is 4.79. The summed E-state index contributed by atoms with van der Waals surface area (Å²) >= 11 is 3.43. The topological polar surface area (TPSA) is 35.0 Å². The lowest BCUT2D eigenvalue weighted by atomic mass is 10.2. The average Bonchev–Trinajstić information content (AvgIpc) is 2.25. The van der Waals surface area contributed by atoms with Gasteiger partial charge >= 0.3 is 0 Å². The fourth-order valence-electron chi connectivity index (χ4n) is 1.14. The molecule has 1 aromatic heterocycles. The van der Waals surface area contributed by atoms with Crippen LogP contribution in [0.2, 0.25) is 0 Å². The number of nitrogens with zero attached hydrogens (tertiary/aromatic N) is 2. The van der Waals surface area contributed by atoms with E-state index in [2.05, 4.69) is 25.9 Å². The molecule has 0 unspecified atom stereocenters. The monoisotopic (exact) mass is 264 g/mol. The Morgan fingerprint density at radius 1 is 1.27 bits per heavy atom. The molecule has 0 radical (unpaired) electrons. The Balaban J connectivity index is 2.22. The van der Waals surface area contributed by atoms with Crippen LogP contribution >= 0.6 is 15.9 Å². The van der Waals surface area contributed by atoms with Gasteiger partial charge in [0.1, 0.15) is 5.75 Å². The highest BCUT2D eigenvalue weighted by atomic mass is 79.9. The molecule has 0 amide bonds. The van der Waals surface area contributed by atoms with Gasteiger partial charge in [-0.25, -0.2) is 4.98 Å². The van der Waals surface area contributed by atoms with Crippen LogP contribution in [0.5, 0.6) is 11.6 Å². The molecule has 1 aromatic carbocycles. The van der Waals surface area contributed by atoms with Crippen LogP contribution in [0, 0.1) is 6.92 Å². The van der Waals surface area contributed by atoms with Crippen molar-refractivity contribution in [3.05, 3.63) is 46.8 Å². The molecule has 3 nitrogen and oxygen atoms in total. The van der Waals surface area contributed by atoms with Crippen molar-refractivity contribution in [1.82, 2.24) is 9.97 Å². The second kappa shape index (κ2) is 4.40. The number of hydrogen-bond donors (Lipinski definition) is 0. The Labute approximate surface area is 96.3 Å². The minimum absolute atomic E-state index is 0.499. The Morgan fingerprint density at radius 2 is 2.13 bits per heavy atom. The van der Waals surface area contributed by atoms with Gasteiger partial charge in [0.2, 0.25) is 5.88 Å². The van der Waals surface area contributed by atoms with Crippen LogP contribution in [0.3, 0.4) is 0 Å². The summed E-state index contributed by atoms with van der Waals surface area (Å²) < 4.78 is 6.58. The fraction of sp³-hybridized carbons (Fsp3) is 0.0909. The summed E-state index contributed by atoms with van der Waals surface area (Å²) in [5.41, 5.74) is 1.12. The van der Waals surface area contributed by atoms with E-state index in [-0.39, 0.29) is 0 Å². The Hall–Kier alpha value is -1.42. The van der Waals surface area contributed by atoms with Crippen molar-refractivity contribution in [3.8, 4) is 11.6 Å². The second-order valence-electron chi connectivity index (χ2n) is 3.06. The minimum atomic E-state index is 0.499. The summed E-state index contributed by atoms with van der Waals surface area (Å²) in [4.78, 5) is 7.95. The van der Waals surface area contributed by atoms with Crippen molar-refractivity contribution in [2.45, 2.75) is 6.92 Å². The van der Waals surface area contributed by atoms with Gasteiger partial charge in [-0.1, -0.05) is 15.9 Å². The molecule has 0 aliphatic rings. The van der Waals surface area contributed by atoms with E-state index < -0.39 is 0 Å². The van der Waals surface area contributed by atoms with Gasteiger partial charge in [-0.05, 0) is 30.7 Å². The number of aromatic nitrogens is 2. The summed E-state index contributed by atoms with van der Waals surface area (Å²) in [6.45, 7) is 2.01. The third kappa shape index (κ3) is 2.53. The van der Waals surface area contributed by atoms with Crippen molar-refractivity contribution in [1.29, 1.82) is 0 Å². The first-order chi connectivity index (χ1) is 7.25. The van der Waals surface area contributed by atoms with Gasteiger partial charge in [0, 0.05) is 16.9 Å². The molecule has 0 fully saturated rings. The van der Waals surface area contributed by atoms with Crippen molar-refractivity contribution in [3.63, 3.8) is 0 Å². The van der Waals surface area contributed by atoms with Crippen LogP contribution in [-0.2, 0) is 0 Å². The first kappa shape index (κ1) is 10.1. The number of benzene rings is 1. The lowest BCUT2D eigenvalue weighted by Gasteiger charge is -2.05. The molecule has 2 rings (SSSR count). The molecule has 1 heterocycles. The van der Waals surface area contributed by atoms with Crippen molar-refractivity contribution < 1.29 is 4.74 Å². The summed E-state index contributed by atoms with van der Waals surface area (Å²) in [7, 11) is 0. The number of rotatable bonds is 2. The van der Waals surface area contributed by atoms with Crippen LogP contribution in [0.15, 0.2) is 41.3 Å². The number of hydrogen-bond acceptors (Lipinski definition) is 3. The molecule has 0 N–H and O–H groups in total. The number of ether oxygens (including phenoxy) is 1. The summed E-state index contributed by atoms with van der Waals surface area (Å²) in [5.74, 6) is 1.26. The van der Waals surface area contributed by atoms with E-state index in [1.165, 1.54) is 0 Å². The zero-order valence-corrected chi connectivity index (χ0v) is 9.73. The second-order valence-corrected chi connectivity index (χ2v) is 3.91. The van der Waals surface area contributed by atoms with E-state index in [0.717, 1.165) is 15.8 Å². The smallest absolute Gasteiger partial charge is 0.237 e. The summed E-state index contributed by atoms with van der Waals surface area (Å²) in [6, 6.07) is 5.77. The Bertz CT molecular complexity index is 459. The molecule has 0 saturated carbocycles. The normalized spacial score (nSPS) is 10.0. The van der Waals surface area contributed by atoms with Gasteiger partial charge in [-0.15, -0.1) is 0 Å². The minimum Gasteiger partial charge on any atom is -0.437 e. The molecule has 0 saturated heterocycles. The molecule has 0 atom stereocenters. The lowest BCUT2D eigenvalue weighted by Crippen LogP contribution is -1.88. The van der Waals surface area contributed by atoms with E-state index >= 15 is 0 Å². The molecule has 15 heavy (non-hydrogen) atoms. The molecular formula is C11H9BrN2O. The fourth-order valence-corrected chi connectivity index (χ4v) is 1.39. The zero-order chi connectivity index (χ0) is 10.7. The van der Waals surface area contributed by atoms with Crippen LogP contribution < -0.4 is 4.74 Å². The quantitative estimate of drug-likeness (QED) is 0.835. The average molecular weight is 265 g/mol. The molecular weight excluding hydrogens is 256 g/mol. The van der Waals surface area contributed by atoms with E-state index in [4.69, 9.17) is 4.74 Å². The standard InChI is InChI=1S/C11H9BrN2O/c1-8-6-9(2-3-10(8)12)15-11-7-13-4-5-14-11/h2-7H,1H3. The Morgan fingerprint density at radius 3 is 2.80 bits per heavy atom. The highest BCUT2D eigenvalue weighted by Crippen LogP contribution is 2.24. The third-order valence-electron chi connectivity index (χ3n) is 1.89. The number of halogens is 1. The van der Waals surface area contributed by atoms with Crippen LogP contribution in [-0.4, -0.2) is 9.97 Å². The van der Waals surface area contributed by atoms with Gasteiger partial charge in [-0.2, -0.15) is 0 Å². The van der Waals surface area contributed by atoms with Crippen molar-refractivity contribution >= 4 is 15.9 Å². The lowest BCUT2D eigenvalue weighted by molar-refractivity contribution is 0.459. The SMILES string of the molecule is Cc1cc(Oc2cnccn2)ccc1Br. The van der Waals surface area contributed by atoms with E-state index in [1.807, 2.05) is 25.1 Å². The maximum atomic E-state index is 5.52. The first-order valence-corrected chi connectivity index (χ1v) is 5.25.